The Labute approximate surface area is 160 Å². The van der Waals surface area contributed by atoms with Gasteiger partial charge in [0.15, 0.2) is 0 Å². The number of para-hydroxylation sites is 1. The number of pyridine rings is 1. The van der Waals surface area contributed by atoms with Gasteiger partial charge in [-0.2, -0.15) is 0 Å². The predicted octanol–water partition coefficient (Wildman–Crippen LogP) is 0.916. The fourth-order valence-electron chi connectivity index (χ4n) is 3.76. The molecule has 2 aromatic heterocycles. The monoisotopic (exact) mass is 382 g/mol. The van der Waals surface area contributed by atoms with Gasteiger partial charge in [0.25, 0.3) is 11.1 Å². The molecular weight excluding hydrogens is 360 g/mol. The lowest BCUT2D eigenvalue weighted by molar-refractivity contribution is -0.121. The van der Waals surface area contributed by atoms with Gasteiger partial charge in [-0.05, 0) is 30.5 Å². The first kappa shape index (κ1) is 18.1. The van der Waals surface area contributed by atoms with Crippen LogP contribution in [0.5, 0.6) is 5.75 Å². The molecule has 4 rings (SSSR count). The number of amides is 1. The molecule has 0 saturated carbocycles. The van der Waals surface area contributed by atoms with Gasteiger partial charge < -0.3 is 15.0 Å². The molecule has 0 bridgehead atoms. The highest BCUT2D eigenvalue weighted by atomic mass is 16.5. The van der Waals surface area contributed by atoms with Gasteiger partial charge in [0, 0.05) is 25.5 Å². The number of aromatic nitrogens is 3. The number of aryl methyl sites for hydroxylation is 2. The average Bonchev–Trinajstić information content (AvgIpc) is 3.20. The van der Waals surface area contributed by atoms with Gasteiger partial charge in [-0.1, -0.05) is 18.2 Å². The maximum absolute atomic E-state index is 12.4. The molecule has 0 fully saturated rings. The molecule has 1 aliphatic rings. The molecule has 3 heterocycles. The normalized spacial score (nSPS) is 15.4. The lowest BCUT2D eigenvalue weighted by Gasteiger charge is -2.12. The summed E-state index contributed by atoms with van der Waals surface area (Å²) in [5.74, 6) is 0.714. The number of H-pyrrole nitrogens is 2. The topological polar surface area (TPSA) is 109 Å². The van der Waals surface area contributed by atoms with E-state index in [1.807, 2.05) is 24.3 Å². The van der Waals surface area contributed by atoms with Gasteiger partial charge in [0.05, 0.1) is 11.9 Å². The highest BCUT2D eigenvalue weighted by molar-refractivity contribution is 5.80. The van der Waals surface area contributed by atoms with E-state index in [1.54, 1.807) is 14.0 Å². The molecule has 0 spiro atoms. The lowest BCUT2D eigenvalue weighted by Crippen LogP contribution is -2.34. The summed E-state index contributed by atoms with van der Waals surface area (Å²) in [5, 5.41) is 5.96. The third-order valence-electron chi connectivity index (χ3n) is 5.25. The highest BCUT2D eigenvalue weighted by Crippen LogP contribution is 2.27. The van der Waals surface area contributed by atoms with Crippen LogP contribution in [0.25, 0.3) is 11.0 Å². The van der Waals surface area contributed by atoms with E-state index >= 15 is 0 Å². The second kappa shape index (κ2) is 7.03. The Morgan fingerprint density at radius 1 is 1.29 bits per heavy atom. The molecule has 1 amide bonds. The Kier molecular flexibility index (Phi) is 4.54. The zero-order valence-corrected chi connectivity index (χ0v) is 15.8. The Bertz CT molecular complexity index is 1150. The van der Waals surface area contributed by atoms with Crippen molar-refractivity contribution < 1.29 is 9.53 Å². The molecule has 1 atom stereocenters. The first-order valence-corrected chi connectivity index (χ1v) is 9.25. The number of ether oxygens (including phenoxy) is 1. The van der Waals surface area contributed by atoms with Crippen LogP contribution < -0.4 is 21.2 Å². The smallest absolute Gasteiger partial charge is 0.273 e. The van der Waals surface area contributed by atoms with E-state index in [1.165, 1.54) is 4.68 Å². The molecule has 28 heavy (non-hydrogen) atoms. The van der Waals surface area contributed by atoms with Crippen molar-refractivity contribution in [3.8, 4) is 5.75 Å². The number of carbonyl (C=O) groups is 1. The third kappa shape index (κ3) is 3.21. The Morgan fingerprint density at radius 2 is 2.07 bits per heavy atom. The maximum atomic E-state index is 12.4. The van der Waals surface area contributed by atoms with E-state index < -0.39 is 0 Å². The van der Waals surface area contributed by atoms with Gasteiger partial charge in [0.1, 0.15) is 17.5 Å². The van der Waals surface area contributed by atoms with E-state index in [2.05, 4.69) is 15.4 Å². The van der Waals surface area contributed by atoms with Crippen LogP contribution in [0.2, 0.25) is 0 Å². The molecule has 0 aliphatic carbocycles. The zero-order valence-electron chi connectivity index (χ0n) is 15.8. The molecule has 0 saturated heterocycles. The van der Waals surface area contributed by atoms with Gasteiger partial charge in [0.2, 0.25) is 5.91 Å². The summed E-state index contributed by atoms with van der Waals surface area (Å²) < 4.78 is 7.30. The summed E-state index contributed by atoms with van der Waals surface area (Å²) in [6.45, 7) is 2.16. The molecule has 8 nitrogen and oxygen atoms in total. The number of fused-ring (bicyclic) bond motifs is 2. The van der Waals surface area contributed by atoms with Gasteiger partial charge in [-0.3, -0.25) is 24.2 Å². The highest BCUT2D eigenvalue weighted by Gasteiger charge is 2.23. The van der Waals surface area contributed by atoms with Crippen molar-refractivity contribution in [2.45, 2.75) is 32.3 Å². The van der Waals surface area contributed by atoms with Crippen LogP contribution in [-0.4, -0.2) is 33.3 Å². The molecule has 1 aliphatic heterocycles. The van der Waals surface area contributed by atoms with Crippen molar-refractivity contribution in [2.24, 2.45) is 7.05 Å². The number of aromatic amines is 2. The summed E-state index contributed by atoms with van der Waals surface area (Å²) in [4.78, 5) is 39.4. The van der Waals surface area contributed by atoms with E-state index in [9.17, 15) is 14.4 Å². The van der Waals surface area contributed by atoms with E-state index in [4.69, 9.17) is 4.74 Å². The van der Waals surface area contributed by atoms with Gasteiger partial charge in [-0.25, -0.2) is 0 Å². The second-order valence-electron chi connectivity index (χ2n) is 7.14. The molecule has 0 radical (unpaired) electrons. The first-order chi connectivity index (χ1) is 13.4. The number of hydrogen-bond donors (Lipinski definition) is 3. The fourth-order valence-corrected chi connectivity index (χ4v) is 3.76. The molecule has 3 N–H and O–H groups in total. The number of hydrogen-bond acceptors (Lipinski definition) is 4. The van der Waals surface area contributed by atoms with Crippen LogP contribution in [0.3, 0.4) is 0 Å². The zero-order chi connectivity index (χ0) is 19.8. The minimum atomic E-state index is -0.276. The van der Waals surface area contributed by atoms with Crippen LogP contribution in [-0.2, 0) is 24.7 Å². The van der Waals surface area contributed by atoms with Gasteiger partial charge >= 0.3 is 0 Å². The molecule has 1 unspecified atom stereocenters. The summed E-state index contributed by atoms with van der Waals surface area (Å²) >= 11 is 0. The second-order valence-corrected chi connectivity index (χ2v) is 7.14. The summed E-state index contributed by atoms with van der Waals surface area (Å²) in [6, 6.07) is 7.84. The molecule has 8 heteroatoms. The van der Waals surface area contributed by atoms with Crippen LogP contribution in [0, 0.1) is 6.92 Å². The van der Waals surface area contributed by atoms with E-state index in [0.29, 0.717) is 28.7 Å². The largest absolute Gasteiger partial charge is 0.488 e. The molecule has 3 aromatic rings. The quantitative estimate of drug-likeness (QED) is 0.609. The first-order valence-electron chi connectivity index (χ1n) is 9.25. The standard InChI is InChI=1S/C20H22N4O4/c1-11-14(19(26)22-18-17(11)20(27)23-24(18)2)7-8-16(25)21-10-13-9-12-5-3-4-6-15(12)28-13/h3-6,13H,7-10H2,1-2H3,(H,21,25)(H,22,26)(H,23,27). The Morgan fingerprint density at radius 3 is 2.86 bits per heavy atom. The molecule has 1 aromatic carbocycles. The number of nitrogens with zero attached hydrogens (tertiary/aromatic N) is 1. The minimum absolute atomic E-state index is 0.0780. The van der Waals surface area contributed by atoms with Crippen molar-refractivity contribution in [1.29, 1.82) is 0 Å². The number of benzene rings is 1. The van der Waals surface area contributed by atoms with Crippen LogP contribution in [0.15, 0.2) is 33.9 Å². The fraction of sp³-hybridized carbons (Fsp3) is 0.350. The molecular formula is C20H22N4O4. The lowest BCUT2D eigenvalue weighted by atomic mass is 10.0. The predicted molar refractivity (Wildman–Crippen MR) is 105 cm³/mol. The minimum Gasteiger partial charge on any atom is -0.488 e. The number of rotatable bonds is 5. The van der Waals surface area contributed by atoms with Crippen molar-refractivity contribution in [3.05, 3.63) is 61.7 Å². The van der Waals surface area contributed by atoms with E-state index in [-0.39, 0.29) is 36.0 Å². The summed E-state index contributed by atoms with van der Waals surface area (Å²) in [7, 11) is 1.66. The third-order valence-corrected chi connectivity index (χ3v) is 5.25. The maximum Gasteiger partial charge on any atom is 0.273 e. The van der Waals surface area contributed by atoms with Crippen molar-refractivity contribution in [1.82, 2.24) is 20.1 Å². The summed E-state index contributed by atoms with van der Waals surface area (Å²) in [5.41, 5.74) is 2.15. The molecule has 146 valence electrons. The summed E-state index contributed by atoms with van der Waals surface area (Å²) in [6.07, 6.45) is 1.12. The average molecular weight is 382 g/mol. The van der Waals surface area contributed by atoms with Crippen molar-refractivity contribution in [3.63, 3.8) is 0 Å². The van der Waals surface area contributed by atoms with Crippen molar-refractivity contribution >= 4 is 16.9 Å². The number of nitrogens with one attached hydrogen (secondary N) is 3. The van der Waals surface area contributed by atoms with E-state index in [0.717, 1.165) is 17.7 Å². The SMILES string of the molecule is Cc1c(CCC(=O)NCC2Cc3ccccc3O2)c(=O)[nH]c2c1c(=O)[nH]n2C. The Balaban J connectivity index is 1.38. The van der Waals surface area contributed by atoms with Crippen LogP contribution in [0.4, 0.5) is 0 Å². The van der Waals surface area contributed by atoms with Crippen LogP contribution >= 0.6 is 0 Å². The Hall–Kier alpha value is -3.29. The van der Waals surface area contributed by atoms with Gasteiger partial charge in [-0.15, -0.1) is 0 Å². The van der Waals surface area contributed by atoms with Crippen molar-refractivity contribution in [2.75, 3.05) is 6.54 Å². The van der Waals surface area contributed by atoms with Crippen LogP contribution in [0.1, 0.15) is 23.1 Å². The number of carbonyl (C=O) groups excluding carboxylic acids is 1.